The molecule has 0 saturated heterocycles. The van der Waals surface area contributed by atoms with Crippen LogP contribution in [0.25, 0.3) is 6.08 Å². The zero-order valence-electron chi connectivity index (χ0n) is 11.9. The van der Waals surface area contributed by atoms with Gasteiger partial charge in [0.2, 0.25) is 0 Å². The molecule has 0 bridgehead atoms. The molecule has 1 rings (SSSR count). The van der Waals surface area contributed by atoms with Gasteiger partial charge < -0.3 is 10.1 Å². The summed E-state index contributed by atoms with van der Waals surface area (Å²) in [7, 11) is 0. The van der Waals surface area contributed by atoms with Gasteiger partial charge in [0.25, 0.3) is 0 Å². The summed E-state index contributed by atoms with van der Waals surface area (Å²) in [5, 5.41) is 3.43. The minimum Gasteiger partial charge on any atom is -0.491 e. The van der Waals surface area contributed by atoms with Crippen LogP contribution in [0.3, 0.4) is 0 Å². The number of ether oxygens (including phenoxy) is 1. The summed E-state index contributed by atoms with van der Waals surface area (Å²) in [6, 6.07) is 8.59. The van der Waals surface area contributed by atoms with E-state index >= 15 is 0 Å². The molecule has 1 aromatic carbocycles. The van der Waals surface area contributed by atoms with Gasteiger partial charge in [-0.15, -0.1) is 0 Å². The zero-order chi connectivity index (χ0) is 13.4. The van der Waals surface area contributed by atoms with Crippen LogP contribution in [0.1, 0.15) is 39.7 Å². The van der Waals surface area contributed by atoms with Gasteiger partial charge in [-0.3, -0.25) is 0 Å². The maximum absolute atomic E-state index is 5.68. The molecule has 1 unspecified atom stereocenters. The van der Waals surface area contributed by atoms with Gasteiger partial charge in [0, 0.05) is 6.04 Å². The molecule has 0 radical (unpaired) electrons. The Kier molecular flexibility index (Phi) is 6.51. The highest BCUT2D eigenvalue weighted by Gasteiger charge is 1.98. The van der Waals surface area contributed by atoms with Crippen LogP contribution >= 0.6 is 0 Å². The highest BCUT2D eigenvalue weighted by molar-refractivity contribution is 5.52. The van der Waals surface area contributed by atoms with Crippen molar-refractivity contribution in [1.29, 1.82) is 0 Å². The minimum atomic E-state index is 0.217. The Morgan fingerprint density at radius 1 is 1.28 bits per heavy atom. The molecular formula is C16H25NO. The van der Waals surface area contributed by atoms with Gasteiger partial charge in [-0.05, 0) is 51.4 Å². The van der Waals surface area contributed by atoms with E-state index in [9.17, 15) is 0 Å². The highest BCUT2D eigenvalue weighted by atomic mass is 16.5. The molecule has 100 valence electrons. The van der Waals surface area contributed by atoms with Crippen LogP contribution in [0.4, 0.5) is 0 Å². The molecule has 1 N–H and O–H groups in total. The minimum absolute atomic E-state index is 0.217. The van der Waals surface area contributed by atoms with Crippen molar-refractivity contribution < 1.29 is 4.74 Å². The van der Waals surface area contributed by atoms with Crippen LogP contribution < -0.4 is 10.1 Å². The van der Waals surface area contributed by atoms with Gasteiger partial charge in [-0.1, -0.05) is 31.2 Å². The Morgan fingerprint density at radius 2 is 2.06 bits per heavy atom. The molecule has 1 aromatic rings. The van der Waals surface area contributed by atoms with Crippen LogP contribution in [0.5, 0.6) is 5.75 Å². The predicted molar refractivity (Wildman–Crippen MR) is 79.0 cm³/mol. The molecular weight excluding hydrogens is 222 g/mol. The van der Waals surface area contributed by atoms with Gasteiger partial charge in [0.05, 0.1) is 6.10 Å². The van der Waals surface area contributed by atoms with Crippen molar-refractivity contribution in [3.8, 4) is 5.75 Å². The summed E-state index contributed by atoms with van der Waals surface area (Å²) in [6.07, 6.45) is 5.70. The third-order valence-electron chi connectivity index (χ3n) is 2.52. The summed E-state index contributed by atoms with van der Waals surface area (Å²) < 4.78 is 5.68. The molecule has 0 aliphatic carbocycles. The first-order valence-electron chi connectivity index (χ1n) is 6.80. The van der Waals surface area contributed by atoms with Crippen molar-refractivity contribution >= 4 is 6.08 Å². The summed E-state index contributed by atoms with van der Waals surface area (Å²) in [5.41, 5.74) is 1.18. The molecule has 0 heterocycles. The molecule has 0 spiro atoms. The molecule has 2 heteroatoms. The fourth-order valence-electron chi connectivity index (χ4n) is 1.66. The first-order valence-corrected chi connectivity index (χ1v) is 6.80. The maximum atomic E-state index is 5.68. The van der Waals surface area contributed by atoms with Crippen molar-refractivity contribution in [3.63, 3.8) is 0 Å². The fraction of sp³-hybridized carbons (Fsp3) is 0.500. The van der Waals surface area contributed by atoms with Crippen molar-refractivity contribution in [2.24, 2.45) is 0 Å². The lowest BCUT2D eigenvalue weighted by Gasteiger charge is -2.10. The Labute approximate surface area is 111 Å². The molecule has 0 fully saturated rings. The van der Waals surface area contributed by atoms with Crippen molar-refractivity contribution in [1.82, 2.24) is 5.32 Å². The summed E-state index contributed by atoms with van der Waals surface area (Å²) in [5.74, 6) is 0.932. The van der Waals surface area contributed by atoms with Crippen molar-refractivity contribution in [2.45, 2.75) is 46.3 Å². The van der Waals surface area contributed by atoms with E-state index in [0.29, 0.717) is 6.04 Å². The number of rotatable bonds is 7. The van der Waals surface area contributed by atoms with E-state index in [1.54, 1.807) is 0 Å². The van der Waals surface area contributed by atoms with E-state index in [1.807, 2.05) is 26.0 Å². The molecule has 0 aromatic heterocycles. The lowest BCUT2D eigenvalue weighted by atomic mass is 10.1. The van der Waals surface area contributed by atoms with Gasteiger partial charge >= 0.3 is 0 Å². The fourth-order valence-corrected chi connectivity index (χ4v) is 1.66. The third-order valence-corrected chi connectivity index (χ3v) is 2.52. The second-order valence-electron chi connectivity index (χ2n) is 4.84. The van der Waals surface area contributed by atoms with Crippen LogP contribution in [-0.2, 0) is 0 Å². The Hall–Kier alpha value is -1.28. The normalized spacial score (nSPS) is 13.2. The lowest BCUT2D eigenvalue weighted by molar-refractivity contribution is 0.242. The molecule has 0 amide bonds. The van der Waals surface area contributed by atoms with E-state index in [0.717, 1.165) is 18.7 Å². The molecule has 0 saturated carbocycles. The topological polar surface area (TPSA) is 21.3 Å². The molecule has 0 aliphatic rings. The molecule has 18 heavy (non-hydrogen) atoms. The van der Waals surface area contributed by atoms with Crippen LogP contribution in [-0.4, -0.2) is 18.7 Å². The van der Waals surface area contributed by atoms with Gasteiger partial charge in [-0.2, -0.15) is 0 Å². The van der Waals surface area contributed by atoms with Gasteiger partial charge in [0.15, 0.2) is 0 Å². The zero-order valence-corrected chi connectivity index (χ0v) is 11.9. The van der Waals surface area contributed by atoms with Crippen LogP contribution in [0.15, 0.2) is 30.3 Å². The highest BCUT2D eigenvalue weighted by Crippen LogP contribution is 2.16. The van der Waals surface area contributed by atoms with Crippen molar-refractivity contribution in [3.05, 3.63) is 35.9 Å². The van der Waals surface area contributed by atoms with E-state index in [-0.39, 0.29) is 6.10 Å². The lowest BCUT2D eigenvalue weighted by Crippen LogP contribution is -2.24. The molecule has 1 atom stereocenters. The number of nitrogens with one attached hydrogen (secondary N) is 1. The van der Waals surface area contributed by atoms with Crippen LogP contribution in [0.2, 0.25) is 0 Å². The number of hydrogen-bond donors (Lipinski definition) is 1. The maximum Gasteiger partial charge on any atom is 0.120 e. The van der Waals surface area contributed by atoms with E-state index in [1.165, 1.54) is 5.56 Å². The Balaban J connectivity index is 2.58. The monoisotopic (exact) mass is 247 g/mol. The largest absolute Gasteiger partial charge is 0.491 e. The second-order valence-corrected chi connectivity index (χ2v) is 4.84. The first-order chi connectivity index (χ1) is 8.61. The van der Waals surface area contributed by atoms with Crippen LogP contribution in [0, 0.1) is 0 Å². The smallest absolute Gasteiger partial charge is 0.120 e. The Bertz CT molecular complexity index is 371. The number of benzene rings is 1. The standard InChI is InChI=1S/C16H25NO/c1-5-11-17-14(4)9-10-15-7-6-8-16(12-15)18-13(2)3/h6-10,12-14,17H,5,11H2,1-4H3/b10-9+. The van der Waals surface area contributed by atoms with Crippen molar-refractivity contribution in [2.75, 3.05) is 6.54 Å². The van der Waals surface area contributed by atoms with Gasteiger partial charge in [0.1, 0.15) is 5.75 Å². The summed E-state index contributed by atoms with van der Waals surface area (Å²) in [4.78, 5) is 0. The van der Waals surface area contributed by atoms with E-state index in [2.05, 4.69) is 43.4 Å². The first kappa shape index (κ1) is 14.8. The molecule has 0 aliphatic heterocycles. The quantitative estimate of drug-likeness (QED) is 0.789. The van der Waals surface area contributed by atoms with E-state index in [4.69, 9.17) is 4.74 Å². The predicted octanol–water partition coefficient (Wildman–Crippen LogP) is 3.88. The second kappa shape index (κ2) is 7.93. The average molecular weight is 247 g/mol. The summed E-state index contributed by atoms with van der Waals surface area (Å²) in [6.45, 7) is 9.48. The average Bonchev–Trinajstić information content (AvgIpc) is 2.33. The number of hydrogen-bond acceptors (Lipinski definition) is 2. The Morgan fingerprint density at radius 3 is 2.72 bits per heavy atom. The summed E-state index contributed by atoms with van der Waals surface area (Å²) >= 11 is 0. The van der Waals surface area contributed by atoms with E-state index < -0.39 is 0 Å². The SMILES string of the molecule is CCCNC(C)/C=C/c1cccc(OC(C)C)c1. The van der Waals surface area contributed by atoms with Gasteiger partial charge in [-0.25, -0.2) is 0 Å². The molecule has 2 nitrogen and oxygen atoms in total. The third kappa shape index (κ3) is 5.87.